The summed E-state index contributed by atoms with van der Waals surface area (Å²) >= 11 is 0. The molecule has 0 amide bonds. The van der Waals surface area contributed by atoms with E-state index in [1.54, 1.807) is 31.2 Å². The molecule has 42 heavy (non-hydrogen) atoms. The van der Waals surface area contributed by atoms with E-state index in [2.05, 4.69) is 15.0 Å². The molecule has 2 atom stereocenters. The second-order valence-electron chi connectivity index (χ2n) is 10.8. The topological polar surface area (TPSA) is 167 Å². The Morgan fingerprint density at radius 1 is 1.17 bits per heavy atom. The first-order valence-electron chi connectivity index (χ1n) is 13.7. The van der Waals surface area contributed by atoms with E-state index in [0.717, 1.165) is 0 Å². The van der Waals surface area contributed by atoms with E-state index in [9.17, 15) is 27.0 Å². The zero-order valence-corrected chi connectivity index (χ0v) is 25.1. The van der Waals surface area contributed by atoms with Crippen LogP contribution in [0, 0.1) is 6.92 Å². The summed E-state index contributed by atoms with van der Waals surface area (Å²) in [6.45, 7) is 3.04. The molecule has 2 unspecified atom stereocenters. The van der Waals surface area contributed by atoms with E-state index < -0.39 is 31.8 Å². The molecule has 4 N–H and O–H groups in total. The van der Waals surface area contributed by atoms with Crippen molar-refractivity contribution < 1.29 is 36.5 Å². The molecule has 14 heteroatoms. The number of aliphatic hydroxyl groups is 1. The Morgan fingerprint density at radius 3 is 2.67 bits per heavy atom. The molecule has 0 radical (unpaired) electrons. The quantitative estimate of drug-likeness (QED) is 0.261. The number of aliphatic hydroxyl groups excluding tert-OH is 1. The number of hydrogen-bond donors (Lipinski definition) is 4. The van der Waals surface area contributed by atoms with Gasteiger partial charge >= 0.3 is 0 Å². The van der Waals surface area contributed by atoms with Gasteiger partial charge in [-0.05, 0) is 69.1 Å². The maximum Gasteiger partial charge on any atom is 0.245 e. The predicted octanol–water partition coefficient (Wildman–Crippen LogP) is 1.50. The molecule has 0 aliphatic carbocycles. The third-order valence-electron chi connectivity index (χ3n) is 7.86. The second-order valence-corrected chi connectivity index (χ2v) is 14.6. The van der Waals surface area contributed by atoms with Gasteiger partial charge in [0, 0.05) is 43.3 Å². The Labute approximate surface area is 245 Å². The van der Waals surface area contributed by atoms with Crippen molar-refractivity contribution in [3.8, 4) is 11.5 Å². The van der Waals surface area contributed by atoms with Crippen molar-refractivity contribution in [2.75, 3.05) is 39.9 Å². The largest absolute Gasteiger partial charge is 0.507 e. The average Bonchev–Trinajstić information content (AvgIpc) is 3.37. The second kappa shape index (κ2) is 12.0. The van der Waals surface area contributed by atoms with E-state index in [-0.39, 0.29) is 40.3 Å². The molecule has 2 saturated heterocycles. The minimum absolute atomic E-state index is 0.0125. The zero-order chi connectivity index (χ0) is 30.1. The van der Waals surface area contributed by atoms with Gasteiger partial charge in [-0.1, -0.05) is 6.07 Å². The number of hydrogen-bond acceptors (Lipinski definition) is 10. The monoisotopic (exact) mass is 620 g/mol. The van der Waals surface area contributed by atoms with Crippen molar-refractivity contribution in [3.05, 3.63) is 54.2 Å². The van der Waals surface area contributed by atoms with Gasteiger partial charge in [-0.2, -0.15) is 4.31 Å². The van der Waals surface area contributed by atoms with E-state index in [0.29, 0.717) is 55.7 Å². The van der Waals surface area contributed by atoms with Gasteiger partial charge in [-0.15, -0.1) is 0 Å². The highest BCUT2D eigenvalue weighted by Gasteiger charge is 2.45. The van der Waals surface area contributed by atoms with Gasteiger partial charge in [0.25, 0.3) is 0 Å². The Balaban J connectivity index is 1.13. The Hall–Kier alpha value is -2.85. The molecule has 2 aromatic carbocycles. The van der Waals surface area contributed by atoms with Crippen LogP contribution >= 0.6 is 0 Å². The number of piperidine rings is 1. The minimum Gasteiger partial charge on any atom is -0.507 e. The van der Waals surface area contributed by atoms with Crippen LogP contribution in [-0.4, -0.2) is 94.0 Å². The highest BCUT2D eigenvalue weighted by atomic mass is 32.2. The van der Waals surface area contributed by atoms with Gasteiger partial charge in [0.2, 0.25) is 20.0 Å². The smallest absolute Gasteiger partial charge is 0.245 e. The molecule has 5 rings (SSSR count). The van der Waals surface area contributed by atoms with Gasteiger partial charge in [-0.25, -0.2) is 21.6 Å². The third kappa shape index (κ3) is 6.39. The molecule has 3 aromatic rings. The summed E-state index contributed by atoms with van der Waals surface area (Å²) in [6, 6.07) is 10.8. The van der Waals surface area contributed by atoms with Crippen LogP contribution in [0.5, 0.6) is 11.5 Å². The molecule has 0 bridgehead atoms. The highest BCUT2D eigenvalue weighted by molar-refractivity contribution is 7.89. The first-order chi connectivity index (χ1) is 19.9. The Bertz CT molecular complexity index is 1660. The van der Waals surface area contributed by atoms with Crippen LogP contribution in [0.1, 0.15) is 24.8 Å². The molecule has 0 saturated carbocycles. The first kappa shape index (κ1) is 30.6. The third-order valence-corrected chi connectivity index (χ3v) is 11.2. The number of sulfonamides is 2. The van der Waals surface area contributed by atoms with Crippen molar-refractivity contribution in [3.63, 3.8) is 0 Å². The summed E-state index contributed by atoms with van der Waals surface area (Å²) in [5.74, 6) is 0.322. The lowest BCUT2D eigenvalue weighted by Crippen LogP contribution is -2.47. The minimum atomic E-state index is -3.85. The number of pyridine rings is 1. The molecule has 1 spiro atoms. The van der Waals surface area contributed by atoms with Gasteiger partial charge < -0.3 is 25.0 Å². The van der Waals surface area contributed by atoms with Gasteiger partial charge in [0.05, 0.1) is 22.6 Å². The van der Waals surface area contributed by atoms with Gasteiger partial charge in [0.1, 0.15) is 29.1 Å². The predicted molar refractivity (Wildman–Crippen MR) is 155 cm³/mol. The Morgan fingerprint density at radius 2 is 1.93 bits per heavy atom. The first-order valence-corrected chi connectivity index (χ1v) is 16.7. The van der Waals surface area contributed by atoms with Crippen LogP contribution in [0.2, 0.25) is 0 Å². The molecule has 2 fully saturated rings. The number of aromatic nitrogens is 1. The zero-order valence-electron chi connectivity index (χ0n) is 23.5. The molecular formula is C28H36N4O8S2. The number of aryl methyl sites for hydroxylation is 1. The fourth-order valence-electron chi connectivity index (χ4n) is 5.54. The van der Waals surface area contributed by atoms with E-state index in [4.69, 9.17) is 9.47 Å². The number of aromatic hydroxyl groups is 1. The van der Waals surface area contributed by atoms with Crippen molar-refractivity contribution in [1.82, 2.24) is 19.3 Å². The van der Waals surface area contributed by atoms with Crippen molar-refractivity contribution >= 4 is 30.9 Å². The number of benzene rings is 2. The van der Waals surface area contributed by atoms with Gasteiger partial charge in [-0.3, -0.25) is 4.98 Å². The van der Waals surface area contributed by atoms with Crippen LogP contribution in [-0.2, 0) is 24.8 Å². The normalized spacial score (nSPS) is 20.2. The average molecular weight is 621 g/mol. The highest BCUT2D eigenvalue weighted by Crippen LogP contribution is 2.38. The van der Waals surface area contributed by atoms with Crippen molar-refractivity contribution in [2.45, 2.75) is 53.7 Å². The summed E-state index contributed by atoms with van der Waals surface area (Å²) in [6.07, 6.45) is 2.31. The summed E-state index contributed by atoms with van der Waals surface area (Å²) < 4.78 is 66.7. The molecular weight excluding hydrogens is 584 g/mol. The molecule has 2 aliphatic heterocycles. The van der Waals surface area contributed by atoms with Crippen LogP contribution in [0.4, 0.5) is 0 Å². The van der Waals surface area contributed by atoms with Crippen LogP contribution in [0.3, 0.4) is 0 Å². The summed E-state index contributed by atoms with van der Waals surface area (Å²) in [5.41, 5.74) is 0.518. The molecule has 228 valence electrons. The lowest BCUT2D eigenvalue weighted by molar-refractivity contribution is -0.0312. The van der Waals surface area contributed by atoms with E-state index in [1.165, 1.54) is 35.7 Å². The van der Waals surface area contributed by atoms with Crippen molar-refractivity contribution in [2.24, 2.45) is 0 Å². The standard InChI is InChI=1S/C28H36N4O8S2/c1-19-12-24-25(34)6-9-30-27(24)26(13-19)42(37,38)32-10-7-28(8-11-32)15-20(17-40-28)31-16-21(33)18-39-22-4-3-5-23(14-22)41(35,36)29-2/h3-6,9,12-14,20-21,29,31,33H,7-8,10-11,15-18H2,1-2H3,(H,30,34). The molecule has 12 nitrogen and oxygen atoms in total. The van der Waals surface area contributed by atoms with E-state index in [1.807, 2.05) is 0 Å². The number of nitrogens with one attached hydrogen (secondary N) is 2. The van der Waals surface area contributed by atoms with Crippen LogP contribution < -0.4 is 14.8 Å². The molecule has 1 aromatic heterocycles. The number of ether oxygens (including phenoxy) is 2. The fraction of sp³-hybridized carbons (Fsp3) is 0.464. The maximum atomic E-state index is 13.6. The number of nitrogens with zero attached hydrogens (tertiary/aromatic N) is 2. The number of rotatable bonds is 10. The number of fused-ring (bicyclic) bond motifs is 1. The summed E-state index contributed by atoms with van der Waals surface area (Å²) in [4.78, 5) is 4.41. The van der Waals surface area contributed by atoms with Gasteiger partial charge in [0.15, 0.2) is 0 Å². The lowest BCUT2D eigenvalue weighted by atomic mass is 9.88. The SMILES string of the molecule is CNS(=O)(=O)c1cccc(OCC(O)CNC2COC3(CCN(S(=O)(=O)c4cc(C)cc5c(O)ccnc45)CC3)C2)c1. The van der Waals surface area contributed by atoms with Crippen LogP contribution in [0.25, 0.3) is 10.9 Å². The Kier molecular flexibility index (Phi) is 8.77. The summed E-state index contributed by atoms with van der Waals surface area (Å²) in [5, 5.41) is 24.4. The maximum absolute atomic E-state index is 13.6. The van der Waals surface area contributed by atoms with Crippen LogP contribution in [0.15, 0.2) is 58.5 Å². The lowest BCUT2D eigenvalue weighted by Gasteiger charge is -2.38. The van der Waals surface area contributed by atoms with Crippen molar-refractivity contribution in [1.29, 1.82) is 0 Å². The molecule has 2 aliphatic rings. The summed E-state index contributed by atoms with van der Waals surface area (Å²) in [7, 11) is -6.11. The molecule has 3 heterocycles. The fourth-order valence-corrected chi connectivity index (χ4v) is 7.99. The van der Waals surface area contributed by atoms with E-state index >= 15 is 0 Å².